The lowest BCUT2D eigenvalue weighted by atomic mass is 10.1. The number of carbonyl (C=O) groups excluding carboxylic acids is 2. The van der Waals surface area contributed by atoms with Crippen molar-refractivity contribution in [1.82, 2.24) is 9.91 Å². The highest BCUT2D eigenvalue weighted by atomic mass is 19.1. The van der Waals surface area contributed by atoms with Gasteiger partial charge in [0.2, 0.25) is 5.91 Å². The molecule has 134 valence electrons. The van der Waals surface area contributed by atoms with E-state index >= 15 is 0 Å². The molecule has 7 nitrogen and oxygen atoms in total. The quantitative estimate of drug-likeness (QED) is 0.810. The van der Waals surface area contributed by atoms with Gasteiger partial charge in [0, 0.05) is 32.9 Å². The summed E-state index contributed by atoms with van der Waals surface area (Å²) < 4.78 is 13.0. The van der Waals surface area contributed by atoms with Crippen LogP contribution in [-0.2, 0) is 20.9 Å². The number of hydrogen-bond donors (Lipinski definition) is 1. The van der Waals surface area contributed by atoms with E-state index in [4.69, 9.17) is 5.11 Å². The highest BCUT2D eigenvalue weighted by molar-refractivity contribution is 6.39. The van der Waals surface area contributed by atoms with Crippen LogP contribution in [0, 0.1) is 5.82 Å². The lowest BCUT2D eigenvalue weighted by Gasteiger charge is -2.25. The van der Waals surface area contributed by atoms with Gasteiger partial charge in [-0.25, -0.2) is 9.40 Å². The van der Waals surface area contributed by atoms with Gasteiger partial charge < -0.3 is 10.0 Å². The number of carboxylic acid groups (broad SMARTS) is 1. The summed E-state index contributed by atoms with van der Waals surface area (Å²) in [4.78, 5) is 36.3. The van der Waals surface area contributed by atoms with Gasteiger partial charge in [-0.15, -0.1) is 0 Å². The third-order valence-electron chi connectivity index (χ3n) is 3.83. The van der Waals surface area contributed by atoms with Gasteiger partial charge in [0.1, 0.15) is 11.5 Å². The number of nitrogens with zero attached hydrogens (tertiary/aromatic N) is 3. The van der Waals surface area contributed by atoms with Crippen LogP contribution < -0.4 is 0 Å². The van der Waals surface area contributed by atoms with Crippen molar-refractivity contribution in [2.24, 2.45) is 5.10 Å². The van der Waals surface area contributed by atoms with Gasteiger partial charge in [-0.1, -0.05) is 12.1 Å². The molecule has 2 amide bonds. The predicted molar refractivity (Wildman–Crippen MR) is 88.1 cm³/mol. The summed E-state index contributed by atoms with van der Waals surface area (Å²) in [7, 11) is 1.58. The van der Waals surface area contributed by atoms with Gasteiger partial charge in [0.25, 0.3) is 5.91 Å². The SMILES string of the molecule is CN(CCCC(=O)O)C(=O)C1=NN(Cc2ccc(F)cc2)C(=O)CC1. The van der Waals surface area contributed by atoms with E-state index in [1.54, 1.807) is 19.2 Å². The van der Waals surface area contributed by atoms with Crippen LogP contribution in [0.15, 0.2) is 29.4 Å². The van der Waals surface area contributed by atoms with Gasteiger partial charge >= 0.3 is 5.97 Å². The van der Waals surface area contributed by atoms with E-state index in [2.05, 4.69) is 5.10 Å². The first-order valence-corrected chi connectivity index (χ1v) is 7.96. The number of carbonyl (C=O) groups is 3. The van der Waals surface area contributed by atoms with Gasteiger partial charge in [-0.2, -0.15) is 5.10 Å². The number of carboxylic acids is 1. The molecular weight excluding hydrogens is 329 g/mol. The van der Waals surface area contributed by atoms with Crippen molar-refractivity contribution >= 4 is 23.5 Å². The minimum absolute atomic E-state index is 0.0146. The van der Waals surface area contributed by atoms with Crippen LogP contribution in [-0.4, -0.2) is 52.1 Å². The Morgan fingerprint density at radius 1 is 1.28 bits per heavy atom. The smallest absolute Gasteiger partial charge is 0.303 e. The number of amides is 2. The molecule has 1 N–H and O–H groups in total. The number of benzene rings is 1. The Hall–Kier alpha value is -2.77. The third-order valence-corrected chi connectivity index (χ3v) is 3.83. The number of hydrazone groups is 1. The maximum absolute atomic E-state index is 13.0. The van der Waals surface area contributed by atoms with Crippen LogP contribution in [0.2, 0.25) is 0 Å². The number of hydrogen-bond acceptors (Lipinski definition) is 4. The number of aliphatic carboxylic acids is 1. The molecule has 8 heteroatoms. The Bertz CT molecular complexity index is 688. The fraction of sp³-hybridized carbons (Fsp3) is 0.412. The fourth-order valence-corrected chi connectivity index (χ4v) is 2.43. The molecule has 1 heterocycles. The summed E-state index contributed by atoms with van der Waals surface area (Å²) in [5.41, 5.74) is 0.974. The molecule has 1 aromatic rings. The minimum Gasteiger partial charge on any atom is -0.481 e. The van der Waals surface area contributed by atoms with E-state index in [1.807, 2.05) is 0 Å². The van der Waals surface area contributed by atoms with Crippen LogP contribution in [0.25, 0.3) is 0 Å². The van der Waals surface area contributed by atoms with Crippen molar-refractivity contribution < 1.29 is 23.9 Å². The summed E-state index contributed by atoms with van der Waals surface area (Å²) in [6, 6.07) is 5.73. The first-order valence-electron chi connectivity index (χ1n) is 7.96. The summed E-state index contributed by atoms with van der Waals surface area (Å²) in [6.07, 6.45) is 0.762. The van der Waals surface area contributed by atoms with E-state index < -0.39 is 5.97 Å². The minimum atomic E-state index is -0.910. The topological polar surface area (TPSA) is 90.3 Å². The Kier molecular flexibility index (Phi) is 6.21. The Morgan fingerprint density at radius 2 is 1.96 bits per heavy atom. The molecule has 0 spiro atoms. The molecule has 2 rings (SSSR count). The molecule has 0 bridgehead atoms. The van der Waals surface area contributed by atoms with E-state index in [1.165, 1.54) is 22.0 Å². The molecule has 1 aliphatic rings. The molecule has 0 radical (unpaired) electrons. The van der Waals surface area contributed by atoms with Gasteiger partial charge in [-0.05, 0) is 24.1 Å². The third kappa shape index (κ3) is 5.37. The first-order chi connectivity index (χ1) is 11.9. The summed E-state index contributed by atoms with van der Waals surface area (Å²) >= 11 is 0. The first kappa shape index (κ1) is 18.6. The molecule has 0 unspecified atom stereocenters. The van der Waals surface area contributed by atoms with Crippen molar-refractivity contribution in [3.8, 4) is 0 Å². The summed E-state index contributed by atoms with van der Waals surface area (Å²) in [6.45, 7) is 0.467. The summed E-state index contributed by atoms with van der Waals surface area (Å²) in [5.74, 6) is -1.79. The van der Waals surface area contributed by atoms with E-state index in [9.17, 15) is 18.8 Å². The van der Waals surface area contributed by atoms with Crippen LogP contribution in [0.5, 0.6) is 0 Å². The molecule has 0 saturated heterocycles. The zero-order valence-corrected chi connectivity index (χ0v) is 13.9. The Morgan fingerprint density at radius 3 is 2.60 bits per heavy atom. The molecule has 0 fully saturated rings. The van der Waals surface area contributed by atoms with Gasteiger partial charge in [-0.3, -0.25) is 14.4 Å². The fourth-order valence-electron chi connectivity index (χ4n) is 2.43. The molecule has 0 aliphatic carbocycles. The molecule has 0 aromatic heterocycles. The van der Waals surface area contributed by atoms with Crippen LogP contribution >= 0.6 is 0 Å². The highest BCUT2D eigenvalue weighted by Crippen LogP contribution is 2.15. The second-order valence-electron chi connectivity index (χ2n) is 5.85. The molecule has 1 aromatic carbocycles. The van der Waals surface area contributed by atoms with E-state index in [0.29, 0.717) is 18.5 Å². The average molecular weight is 349 g/mol. The standard InChI is InChI=1S/C17H20FN3O4/c1-20(10-2-3-16(23)24)17(25)14-8-9-15(22)21(19-14)11-12-4-6-13(18)7-5-12/h4-7H,2-3,8-11H2,1H3,(H,23,24). The lowest BCUT2D eigenvalue weighted by molar-refractivity contribution is -0.137. The Balaban J connectivity index is 2.02. The largest absolute Gasteiger partial charge is 0.481 e. The Labute approximate surface area is 144 Å². The van der Waals surface area contributed by atoms with Crippen LogP contribution in [0.1, 0.15) is 31.2 Å². The van der Waals surface area contributed by atoms with Crippen LogP contribution in [0.3, 0.4) is 0 Å². The second kappa shape index (κ2) is 8.36. The second-order valence-corrected chi connectivity index (χ2v) is 5.85. The number of halogens is 1. The predicted octanol–water partition coefficient (Wildman–Crippen LogP) is 1.63. The summed E-state index contributed by atoms with van der Waals surface area (Å²) in [5, 5.41) is 14.0. The molecule has 1 aliphatic heterocycles. The molecule has 0 saturated carbocycles. The van der Waals surface area contributed by atoms with Crippen molar-refractivity contribution in [3.63, 3.8) is 0 Å². The molecule has 0 atom stereocenters. The monoisotopic (exact) mass is 349 g/mol. The van der Waals surface area contributed by atoms with Crippen molar-refractivity contribution in [2.45, 2.75) is 32.2 Å². The normalized spacial score (nSPS) is 14.2. The maximum Gasteiger partial charge on any atom is 0.303 e. The number of rotatable bonds is 7. The lowest BCUT2D eigenvalue weighted by Crippen LogP contribution is -2.40. The van der Waals surface area contributed by atoms with E-state index in [0.717, 1.165) is 0 Å². The van der Waals surface area contributed by atoms with Crippen LogP contribution in [0.4, 0.5) is 4.39 Å². The maximum atomic E-state index is 13.0. The zero-order chi connectivity index (χ0) is 18.4. The average Bonchev–Trinajstić information content (AvgIpc) is 2.57. The molecular formula is C17H20FN3O4. The zero-order valence-electron chi connectivity index (χ0n) is 13.9. The molecule has 25 heavy (non-hydrogen) atoms. The van der Waals surface area contributed by atoms with Crippen molar-refractivity contribution in [1.29, 1.82) is 0 Å². The van der Waals surface area contributed by atoms with Gasteiger partial charge in [0.05, 0.1) is 6.54 Å². The van der Waals surface area contributed by atoms with Gasteiger partial charge in [0.15, 0.2) is 0 Å². The highest BCUT2D eigenvalue weighted by Gasteiger charge is 2.26. The van der Waals surface area contributed by atoms with E-state index in [-0.39, 0.29) is 49.2 Å². The van der Waals surface area contributed by atoms with Crippen molar-refractivity contribution in [3.05, 3.63) is 35.6 Å². The van der Waals surface area contributed by atoms with Crippen molar-refractivity contribution in [2.75, 3.05) is 13.6 Å².